The van der Waals surface area contributed by atoms with Gasteiger partial charge in [0.05, 0.1) is 17.5 Å². The lowest BCUT2D eigenvalue weighted by Gasteiger charge is -2.34. The molecule has 4 aromatic rings. The third kappa shape index (κ3) is 5.39. The predicted octanol–water partition coefficient (Wildman–Crippen LogP) is 3.94. The van der Waals surface area contributed by atoms with E-state index in [2.05, 4.69) is 44.6 Å². The van der Waals surface area contributed by atoms with E-state index in [0.29, 0.717) is 48.3 Å². The van der Waals surface area contributed by atoms with Gasteiger partial charge in [0.25, 0.3) is 0 Å². The Morgan fingerprint density at radius 2 is 1.55 bits per heavy atom. The highest BCUT2D eigenvalue weighted by atomic mass is 32.2. The van der Waals surface area contributed by atoms with Gasteiger partial charge in [0.2, 0.25) is 21.9 Å². The van der Waals surface area contributed by atoms with Crippen molar-refractivity contribution in [3.63, 3.8) is 0 Å². The molecule has 7 rings (SSSR count). The van der Waals surface area contributed by atoms with E-state index in [1.54, 1.807) is 22.6 Å². The van der Waals surface area contributed by atoms with E-state index in [-0.39, 0.29) is 17.1 Å². The molecule has 0 bridgehead atoms. The monoisotopic (exact) mass is 591 g/mol. The standard InChI is InChI=1S/C29H34FN9O2S/c1-36-14-16-37(17-15-36)23-8-6-21(7-9-23)32-28-31-18-26-27(35-28)39(29(34-26)33-22-4-2-20(30)3-5-22)24-12-13-38(19-24)42(40,41)25-10-11-25/h2-9,18,24-25H,10-17,19H2,1H3,(H,33,34)(H,31,32,35)/t24-/m1/s1. The predicted molar refractivity (Wildman–Crippen MR) is 162 cm³/mol. The van der Waals surface area contributed by atoms with Gasteiger partial charge in [0.1, 0.15) is 11.3 Å². The molecule has 13 heteroatoms. The lowest BCUT2D eigenvalue weighted by Crippen LogP contribution is -2.44. The maximum Gasteiger partial charge on any atom is 0.229 e. The van der Waals surface area contributed by atoms with E-state index in [4.69, 9.17) is 9.97 Å². The molecule has 1 aliphatic carbocycles. The minimum Gasteiger partial charge on any atom is -0.369 e. The first kappa shape index (κ1) is 27.0. The Labute approximate surface area is 244 Å². The summed E-state index contributed by atoms with van der Waals surface area (Å²) in [6.45, 7) is 4.90. The molecule has 3 aliphatic rings. The molecule has 2 aromatic heterocycles. The smallest absolute Gasteiger partial charge is 0.229 e. The van der Waals surface area contributed by atoms with Crippen LogP contribution in [-0.4, -0.2) is 88.7 Å². The maximum atomic E-state index is 13.6. The van der Waals surface area contributed by atoms with Crippen LogP contribution in [0.5, 0.6) is 0 Å². The number of halogens is 1. The molecule has 0 radical (unpaired) electrons. The Hall–Kier alpha value is -3.81. The Morgan fingerprint density at radius 1 is 0.857 bits per heavy atom. The van der Waals surface area contributed by atoms with Crippen molar-refractivity contribution in [2.75, 3.05) is 61.8 Å². The maximum absolute atomic E-state index is 13.6. The first-order valence-electron chi connectivity index (χ1n) is 14.4. The number of nitrogens with zero attached hydrogens (tertiary/aromatic N) is 7. The third-order valence-corrected chi connectivity index (χ3v) is 10.7. The van der Waals surface area contributed by atoms with Gasteiger partial charge < -0.3 is 20.4 Å². The van der Waals surface area contributed by atoms with Crippen molar-refractivity contribution in [3.05, 3.63) is 60.5 Å². The number of likely N-dealkylation sites (N-methyl/N-ethyl adjacent to an activating group) is 1. The van der Waals surface area contributed by atoms with Crippen molar-refractivity contribution >= 4 is 50.1 Å². The molecule has 42 heavy (non-hydrogen) atoms. The molecule has 2 aromatic carbocycles. The van der Waals surface area contributed by atoms with Crippen LogP contribution in [0.2, 0.25) is 0 Å². The van der Waals surface area contributed by atoms with Crippen molar-refractivity contribution in [1.29, 1.82) is 0 Å². The molecule has 3 fully saturated rings. The second-order valence-electron chi connectivity index (χ2n) is 11.3. The van der Waals surface area contributed by atoms with E-state index >= 15 is 0 Å². The molecular weight excluding hydrogens is 557 g/mol. The zero-order valence-corrected chi connectivity index (χ0v) is 24.3. The number of rotatable bonds is 8. The summed E-state index contributed by atoms with van der Waals surface area (Å²) < 4.78 is 43.1. The highest BCUT2D eigenvalue weighted by Crippen LogP contribution is 2.37. The molecule has 0 amide bonds. The average Bonchev–Trinajstić information content (AvgIpc) is 3.65. The van der Waals surface area contributed by atoms with Gasteiger partial charge in [-0.25, -0.2) is 22.8 Å². The molecule has 2 aliphatic heterocycles. The number of anilines is 5. The van der Waals surface area contributed by atoms with Gasteiger partial charge in [-0.15, -0.1) is 0 Å². The van der Waals surface area contributed by atoms with Gasteiger partial charge >= 0.3 is 0 Å². The van der Waals surface area contributed by atoms with Crippen LogP contribution >= 0.6 is 0 Å². The number of piperazine rings is 1. The molecule has 2 saturated heterocycles. The number of hydrogen-bond acceptors (Lipinski definition) is 9. The average molecular weight is 592 g/mol. The molecule has 1 saturated carbocycles. The summed E-state index contributed by atoms with van der Waals surface area (Å²) in [6.07, 6.45) is 3.76. The van der Waals surface area contributed by atoms with Crippen LogP contribution in [0.25, 0.3) is 11.2 Å². The largest absolute Gasteiger partial charge is 0.369 e. The fourth-order valence-corrected chi connectivity index (χ4v) is 7.62. The summed E-state index contributed by atoms with van der Waals surface area (Å²) in [5.41, 5.74) is 3.90. The fourth-order valence-electron chi connectivity index (χ4n) is 5.73. The number of hydrogen-bond donors (Lipinski definition) is 2. The Morgan fingerprint density at radius 3 is 2.26 bits per heavy atom. The summed E-state index contributed by atoms with van der Waals surface area (Å²) in [7, 11) is -1.15. The Kier molecular flexibility index (Phi) is 6.95. The molecule has 11 nitrogen and oxygen atoms in total. The Bertz CT molecular complexity index is 1680. The Balaban J connectivity index is 1.17. The van der Waals surface area contributed by atoms with Crippen LogP contribution < -0.4 is 15.5 Å². The summed E-state index contributed by atoms with van der Waals surface area (Å²) in [5, 5.41) is 6.34. The highest BCUT2D eigenvalue weighted by Gasteiger charge is 2.43. The lowest BCUT2D eigenvalue weighted by molar-refractivity contribution is 0.313. The fraction of sp³-hybridized carbons (Fsp3) is 0.414. The van der Waals surface area contributed by atoms with Crippen LogP contribution in [0.4, 0.5) is 33.3 Å². The van der Waals surface area contributed by atoms with Gasteiger partial charge in [0, 0.05) is 56.3 Å². The van der Waals surface area contributed by atoms with Crippen LogP contribution in [0.3, 0.4) is 0 Å². The molecule has 4 heterocycles. The van der Waals surface area contributed by atoms with E-state index in [9.17, 15) is 12.8 Å². The van der Waals surface area contributed by atoms with Crippen molar-refractivity contribution in [2.24, 2.45) is 0 Å². The van der Waals surface area contributed by atoms with E-state index in [1.165, 1.54) is 17.8 Å². The molecule has 1 atom stereocenters. The van der Waals surface area contributed by atoms with Crippen LogP contribution in [-0.2, 0) is 10.0 Å². The van der Waals surface area contributed by atoms with Crippen LogP contribution in [0.15, 0.2) is 54.7 Å². The van der Waals surface area contributed by atoms with Crippen LogP contribution in [0, 0.1) is 5.82 Å². The van der Waals surface area contributed by atoms with E-state index < -0.39 is 10.0 Å². The number of sulfonamides is 1. The summed E-state index contributed by atoms with van der Waals surface area (Å²) in [4.78, 5) is 18.8. The highest BCUT2D eigenvalue weighted by molar-refractivity contribution is 7.90. The summed E-state index contributed by atoms with van der Waals surface area (Å²) in [5.74, 6) is 0.601. The van der Waals surface area contributed by atoms with E-state index in [1.807, 2.05) is 16.7 Å². The van der Waals surface area contributed by atoms with Gasteiger partial charge in [-0.05, 0) is 74.8 Å². The van der Waals surface area contributed by atoms with Crippen LogP contribution in [0.1, 0.15) is 25.3 Å². The zero-order chi connectivity index (χ0) is 28.8. The zero-order valence-electron chi connectivity index (χ0n) is 23.4. The van der Waals surface area contributed by atoms with Gasteiger partial charge in [-0.2, -0.15) is 9.29 Å². The minimum absolute atomic E-state index is 0.169. The molecule has 0 spiro atoms. The van der Waals surface area contributed by atoms with Gasteiger partial charge in [-0.1, -0.05) is 0 Å². The topological polar surface area (TPSA) is 112 Å². The van der Waals surface area contributed by atoms with Crippen molar-refractivity contribution in [2.45, 2.75) is 30.6 Å². The quantitative estimate of drug-likeness (QED) is 0.315. The van der Waals surface area contributed by atoms with E-state index in [0.717, 1.165) is 44.7 Å². The third-order valence-electron chi connectivity index (χ3n) is 8.32. The number of nitrogens with one attached hydrogen (secondary N) is 2. The molecule has 220 valence electrons. The summed E-state index contributed by atoms with van der Waals surface area (Å²) >= 11 is 0. The summed E-state index contributed by atoms with van der Waals surface area (Å²) in [6, 6.07) is 14.1. The number of aromatic nitrogens is 4. The second kappa shape index (κ2) is 10.8. The SMILES string of the molecule is CN1CCN(c2ccc(Nc3ncc4nc(Nc5ccc(F)cc5)n([C@@H]5CCN(S(=O)(=O)C6CC6)C5)c4n3)cc2)CC1. The molecular formula is C29H34FN9O2S. The van der Waals surface area contributed by atoms with Crippen molar-refractivity contribution in [1.82, 2.24) is 28.7 Å². The first-order valence-corrected chi connectivity index (χ1v) is 15.9. The molecule has 0 unspecified atom stereocenters. The number of benzene rings is 2. The molecule has 2 N–H and O–H groups in total. The minimum atomic E-state index is -3.30. The number of imidazole rings is 1. The lowest BCUT2D eigenvalue weighted by atomic mass is 10.2. The number of fused-ring (bicyclic) bond motifs is 1. The second-order valence-corrected chi connectivity index (χ2v) is 13.6. The normalized spacial score (nSPS) is 20.3. The first-order chi connectivity index (χ1) is 20.3. The van der Waals surface area contributed by atoms with Crippen molar-refractivity contribution in [3.8, 4) is 0 Å². The van der Waals surface area contributed by atoms with Gasteiger partial charge in [-0.3, -0.25) is 4.57 Å². The van der Waals surface area contributed by atoms with Crippen molar-refractivity contribution < 1.29 is 12.8 Å². The van der Waals surface area contributed by atoms with Gasteiger partial charge in [0.15, 0.2) is 5.65 Å².